The lowest BCUT2D eigenvalue weighted by atomic mass is 10.1. The van der Waals surface area contributed by atoms with Crippen molar-refractivity contribution in [3.63, 3.8) is 0 Å². The lowest BCUT2D eigenvalue weighted by molar-refractivity contribution is 0.324. The van der Waals surface area contributed by atoms with Gasteiger partial charge >= 0.3 is 0 Å². The number of guanidine groups is 1. The van der Waals surface area contributed by atoms with E-state index in [1.807, 2.05) is 23.1 Å². The highest BCUT2D eigenvalue weighted by Crippen LogP contribution is 2.10. The molecule has 1 aliphatic heterocycles. The molecule has 0 bridgehead atoms. The lowest BCUT2D eigenvalue weighted by Gasteiger charge is -2.22. The Balaban J connectivity index is 1.59. The van der Waals surface area contributed by atoms with Crippen LogP contribution in [0, 0.1) is 5.41 Å². The second kappa shape index (κ2) is 9.46. The minimum Gasteiger partial charge on any atom is -0.370 e. The first kappa shape index (κ1) is 16.8. The Morgan fingerprint density at radius 1 is 1.05 bits per heavy atom. The molecule has 1 aliphatic rings. The van der Waals surface area contributed by atoms with Crippen molar-refractivity contribution in [1.29, 1.82) is 5.41 Å². The van der Waals surface area contributed by atoms with Crippen LogP contribution in [0.1, 0.15) is 44.1 Å². The fourth-order valence-electron chi connectivity index (χ4n) is 3.09. The van der Waals surface area contributed by atoms with Crippen LogP contribution in [0.3, 0.4) is 0 Å². The van der Waals surface area contributed by atoms with E-state index >= 15 is 0 Å². The summed E-state index contributed by atoms with van der Waals surface area (Å²) in [6.45, 7) is 5.49. The van der Waals surface area contributed by atoms with E-state index in [1.54, 1.807) is 0 Å². The van der Waals surface area contributed by atoms with Gasteiger partial charge in [0.2, 0.25) is 0 Å². The van der Waals surface area contributed by atoms with Gasteiger partial charge in [0, 0.05) is 13.1 Å². The maximum Gasteiger partial charge on any atom is 0.188 e. The summed E-state index contributed by atoms with van der Waals surface area (Å²) >= 11 is 0. The minimum absolute atomic E-state index is 0.181. The molecule has 1 heterocycles. The monoisotopic (exact) mass is 302 g/mol. The first-order chi connectivity index (χ1) is 10.8. The molecule has 0 aliphatic carbocycles. The third-order valence-electron chi connectivity index (χ3n) is 4.41. The average Bonchev–Trinajstić information content (AvgIpc) is 3.03. The SMILES string of the molecule is N=C(N)N(CCCCCCN1CCCC1)Cc1ccccc1. The Morgan fingerprint density at radius 3 is 2.41 bits per heavy atom. The van der Waals surface area contributed by atoms with E-state index in [9.17, 15) is 0 Å². The van der Waals surface area contributed by atoms with Crippen molar-refractivity contribution < 1.29 is 0 Å². The van der Waals surface area contributed by atoms with Crippen molar-refractivity contribution in [2.45, 2.75) is 45.1 Å². The van der Waals surface area contributed by atoms with Gasteiger partial charge in [0.15, 0.2) is 5.96 Å². The minimum atomic E-state index is 0.181. The molecule has 0 saturated carbocycles. The van der Waals surface area contributed by atoms with Crippen LogP contribution in [0.4, 0.5) is 0 Å². The van der Waals surface area contributed by atoms with E-state index < -0.39 is 0 Å². The summed E-state index contributed by atoms with van der Waals surface area (Å²) in [5, 5.41) is 7.73. The topological polar surface area (TPSA) is 56.4 Å². The maximum atomic E-state index is 7.73. The number of hydrogen-bond donors (Lipinski definition) is 2. The summed E-state index contributed by atoms with van der Waals surface area (Å²) < 4.78 is 0. The highest BCUT2D eigenvalue weighted by atomic mass is 15.2. The van der Waals surface area contributed by atoms with Gasteiger partial charge < -0.3 is 15.5 Å². The summed E-state index contributed by atoms with van der Waals surface area (Å²) in [5.74, 6) is 0.181. The first-order valence-electron chi connectivity index (χ1n) is 8.61. The summed E-state index contributed by atoms with van der Waals surface area (Å²) in [6.07, 6.45) is 7.70. The van der Waals surface area contributed by atoms with E-state index in [0.717, 1.165) is 19.5 Å². The van der Waals surface area contributed by atoms with Crippen LogP contribution in [-0.2, 0) is 6.54 Å². The van der Waals surface area contributed by atoms with Gasteiger partial charge in [0.25, 0.3) is 0 Å². The Hall–Kier alpha value is -1.55. The molecule has 0 atom stereocenters. The fourth-order valence-corrected chi connectivity index (χ4v) is 3.09. The van der Waals surface area contributed by atoms with Crippen LogP contribution in [0.2, 0.25) is 0 Å². The van der Waals surface area contributed by atoms with E-state index in [1.165, 1.54) is 57.3 Å². The number of likely N-dealkylation sites (tertiary alicyclic amines) is 1. The van der Waals surface area contributed by atoms with E-state index in [-0.39, 0.29) is 5.96 Å². The Labute approximate surface area is 134 Å². The molecule has 2 rings (SSSR count). The number of hydrogen-bond acceptors (Lipinski definition) is 2. The zero-order chi connectivity index (χ0) is 15.6. The Bertz CT molecular complexity index is 426. The molecule has 1 aromatic rings. The smallest absolute Gasteiger partial charge is 0.188 e. The zero-order valence-electron chi connectivity index (χ0n) is 13.6. The molecule has 0 aromatic heterocycles. The molecule has 3 N–H and O–H groups in total. The van der Waals surface area contributed by atoms with Gasteiger partial charge in [-0.2, -0.15) is 0 Å². The molecular weight excluding hydrogens is 272 g/mol. The lowest BCUT2D eigenvalue weighted by Crippen LogP contribution is -2.36. The molecule has 0 radical (unpaired) electrons. The number of unbranched alkanes of at least 4 members (excludes halogenated alkanes) is 3. The molecule has 0 spiro atoms. The summed E-state index contributed by atoms with van der Waals surface area (Å²) in [4.78, 5) is 4.55. The van der Waals surface area contributed by atoms with Crippen molar-refractivity contribution in [1.82, 2.24) is 9.80 Å². The summed E-state index contributed by atoms with van der Waals surface area (Å²) in [7, 11) is 0. The Morgan fingerprint density at radius 2 is 1.73 bits per heavy atom. The van der Waals surface area contributed by atoms with Crippen molar-refractivity contribution in [3.05, 3.63) is 35.9 Å². The van der Waals surface area contributed by atoms with E-state index in [0.29, 0.717) is 0 Å². The van der Waals surface area contributed by atoms with E-state index in [4.69, 9.17) is 11.1 Å². The van der Waals surface area contributed by atoms with Crippen molar-refractivity contribution >= 4 is 5.96 Å². The average molecular weight is 302 g/mol. The van der Waals surface area contributed by atoms with Gasteiger partial charge in [0.05, 0.1) is 0 Å². The second-order valence-corrected chi connectivity index (χ2v) is 6.26. The zero-order valence-corrected chi connectivity index (χ0v) is 13.6. The predicted octanol–water partition coefficient (Wildman–Crippen LogP) is 3.04. The highest BCUT2D eigenvalue weighted by Gasteiger charge is 2.10. The standard InChI is InChI=1S/C18H30N4/c19-18(20)22(16-17-10-4-3-5-11-17)15-7-2-1-6-12-21-13-8-9-14-21/h3-5,10-11H,1-2,6-9,12-16H2,(H3,19,20). The highest BCUT2D eigenvalue weighted by molar-refractivity contribution is 5.74. The molecule has 4 nitrogen and oxygen atoms in total. The van der Waals surface area contributed by atoms with Crippen LogP contribution in [0.15, 0.2) is 30.3 Å². The van der Waals surface area contributed by atoms with E-state index in [2.05, 4.69) is 17.0 Å². The van der Waals surface area contributed by atoms with Crippen LogP contribution in [-0.4, -0.2) is 41.9 Å². The molecule has 0 amide bonds. The maximum absolute atomic E-state index is 7.73. The van der Waals surface area contributed by atoms with Crippen LogP contribution < -0.4 is 5.73 Å². The van der Waals surface area contributed by atoms with Gasteiger partial charge in [-0.1, -0.05) is 43.2 Å². The summed E-state index contributed by atoms with van der Waals surface area (Å²) in [6, 6.07) is 10.3. The number of nitrogens with two attached hydrogens (primary N) is 1. The van der Waals surface area contributed by atoms with Crippen molar-refractivity contribution in [2.24, 2.45) is 5.73 Å². The third-order valence-corrected chi connectivity index (χ3v) is 4.41. The van der Waals surface area contributed by atoms with Crippen LogP contribution in [0.5, 0.6) is 0 Å². The molecule has 22 heavy (non-hydrogen) atoms. The number of benzene rings is 1. The van der Waals surface area contributed by atoms with Crippen LogP contribution >= 0.6 is 0 Å². The normalized spacial score (nSPS) is 15.1. The van der Waals surface area contributed by atoms with Gasteiger partial charge in [0.1, 0.15) is 0 Å². The van der Waals surface area contributed by atoms with Gasteiger partial charge in [-0.25, -0.2) is 0 Å². The molecule has 1 saturated heterocycles. The second-order valence-electron chi connectivity index (χ2n) is 6.26. The quantitative estimate of drug-likeness (QED) is 0.419. The summed E-state index contributed by atoms with van der Waals surface area (Å²) in [5.41, 5.74) is 6.93. The molecule has 0 unspecified atom stereocenters. The van der Waals surface area contributed by atoms with Crippen molar-refractivity contribution in [2.75, 3.05) is 26.2 Å². The van der Waals surface area contributed by atoms with Crippen molar-refractivity contribution in [3.8, 4) is 0 Å². The van der Waals surface area contributed by atoms with Gasteiger partial charge in [-0.15, -0.1) is 0 Å². The van der Waals surface area contributed by atoms with Gasteiger partial charge in [-0.3, -0.25) is 5.41 Å². The number of nitrogens with one attached hydrogen (secondary N) is 1. The van der Waals surface area contributed by atoms with Crippen LogP contribution in [0.25, 0.3) is 0 Å². The molecule has 1 fully saturated rings. The number of nitrogens with zero attached hydrogens (tertiary/aromatic N) is 2. The fraction of sp³-hybridized carbons (Fsp3) is 0.611. The molecule has 4 heteroatoms. The largest absolute Gasteiger partial charge is 0.370 e. The molecule has 1 aromatic carbocycles. The molecule has 122 valence electrons. The van der Waals surface area contributed by atoms with Gasteiger partial charge in [-0.05, 0) is 50.9 Å². The number of rotatable bonds is 9. The third kappa shape index (κ3) is 6.06. The Kier molecular flexibility index (Phi) is 7.23. The molecular formula is C18H30N4. The first-order valence-corrected chi connectivity index (χ1v) is 8.61. The predicted molar refractivity (Wildman–Crippen MR) is 92.9 cm³/mol.